The van der Waals surface area contributed by atoms with Crippen LogP contribution in [0.5, 0.6) is 0 Å². The molecule has 0 saturated heterocycles. The van der Waals surface area contributed by atoms with E-state index in [1.54, 1.807) is 13.3 Å². The largest absolute Gasteiger partial charge is 0.307 e. The fourth-order valence-electron chi connectivity index (χ4n) is 0.332. The number of hydrogen-bond donors (Lipinski definition) is 2. The van der Waals surface area contributed by atoms with Gasteiger partial charge in [-0.1, -0.05) is 6.58 Å². The van der Waals surface area contributed by atoms with Gasteiger partial charge in [-0.05, 0) is 6.92 Å². The molecule has 0 aliphatic heterocycles. The minimum absolute atomic E-state index is 0.620. The predicted molar refractivity (Wildman–Crippen MR) is 35.5 cm³/mol. The molecule has 0 bridgehead atoms. The van der Waals surface area contributed by atoms with Gasteiger partial charge in [0, 0.05) is 13.3 Å². The lowest BCUT2D eigenvalue weighted by Crippen LogP contribution is -2.25. The SMILES string of the molecule is C=C(N=CC)NNC. The second-order valence-electron chi connectivity index (χ2n) is 1.21. The monoisotopic (exact) mass is 113 g/mol. The van der Waals surface area contributed by atoms with E-state index in [0.717, 1.165) is 0 Å². The zero-order valence-electron chi connectivity index (χ0n) is 5.23. The summed E-state index contributed by atoms with van der Waals surface area (Å²) >= 11 is 0. The Labute approximate surface area is 49.5 Å². The van der Waals surface area contributed by atoms with Crippen LogP contribution in [0.25, 0.3) is 0 Å². The average molecular weight is 113 g/mol. The summed E-state index contributed by atoms with van der Waals surface area (Å²) in [5.41, 5.74) is 5.39. The number of hydrogen-bond acceptors (Lipinski definition) is 3. The summed E-state index contributed by atoms with van der Waals surface area (Å²) in [7, 11) is 1.76. The van der Waals surface area contributed by atoms with Crippen molar-refractivity contribution in [2.45, 2.75) is 6.92 Å². The van der Waals surface area contributed by atoms with Crippen LogP contribution in [0.3, 0.4) is 0 Å². The first-order chi connectivity index (χ1) is 3.81. The summed E-state index contributed by atoms with van der Waals surface area (Å²) < 4.78 is 0. The van der Waals surface area contributed by atoms with E-state index in [1.807, 2.05) is 6.92 Å². The predicted octanol–water partition coefficient (Wildman–Crippen LogP) is 0.272. The lowest BCUT2D eigenvalue weighted by atomic mass is 10.8. The average Bonchev–Trinajstić information content (AvgIpc) is 1.68. The van der Waals surface area contributed by atoms with E-state index in [9.17, 15) is 0 Å². The molecule has 0 heterocycles. The topological polar surface area (TPSA) is 36.4 Å². The smallest absolute Gasteiger partial charge is 0.132 e. The summed E-state index contributed by atoms with van der Waals surface area (Å²) in [6, 6.07) is 0. The van der Waals surface area contributed by atoms with Crippen molar-refractivity contribution in [3.8, 4) is 0 Å². The van der Waals surface area contributed by atoms with Crippen molar-refractivity contribution in [2.75, 3.05) is 7.05 Å². The number of aliphatic imine (C=N–C) groups is 1. The van der Waals surface area contributed by atoms with Crippen molar-refractivity contribution in [1.82, 2.24) is 10.9 Å². The third kappa shape index (κ3) is 3.36. The Hall–Kier alpha value is -0.830. The van der Waals surface area contributed by atoms with E-state index in [-0.39, 0.29) is 0 Å². The van der Waals surface area contributed by atoms with Crippen LogP contribution in [0.4, 0.5) is 0 Å². The van der Waals surface area contributed by atoms with Crippen LogP contribution in [-0.2, 0) is 0 Å². The van der Waals surface area contributed by atoms with E-state index in [0.29, 0.717) is 5.82 Å². The lowest BCUT2D eigenvalue weighted by Gasteiger charge is -1.98. The summed E-state index contributed by atoms with van der Waals surface area (Å²) in [6.45, 7) is 5.40. The van der Waals surface area contributed by atoms with E-state index >= 15 is 0 Å². The van der Waals surface area contributed by atoms with Gasteiger partial charge in [-0.25, -0.2) is 10.4 Å². The molecule has 0 aliphatic rings. The Morgan fingerprint density at radius 2 is 2.38 bits per heavy atom. The molecule has 8 heavy (non-hydrogen) atoms. The quantitative estimate of drug-likeness (QED) is 0.407. The van der Waals surface area contributed by atoms with Gasteiger partial charge in [0.1, 0.15) is 5.82 Å². The first-order valence-corrected chi connectivity index (χ1v) is 2.41. The molecule has 46 valence electrons. The maximum atomic E-state index is 3.82. The van der Waals surface area contributed by atoms with Gasteiger partial charge in [0.25, 0.3) is 0 Å². The standard InChI is InChI=1S/C5H11N3/c1-4-7-5(2)8-6-3/h4,6,8H,2H2,1,3H3. The molecule has 0 spiro atoms. The second-order valence-corrected chi connectivity index (χ2v) is 1.21. The highest BCUT2D eigenvalue weighted by Crippen LogP contribution is 1.78. The van der Waals surface area contributed by atoms with Crippen LogP contribution in [0.2, 0.25) is 0 Å². The van der Waals surface area contributed by atoms with E-state index in [2.05, 4.69) is 22.4 Å². The van der Waals surface area contributed by atoms with Crippen molar-refractivity contribution in [1.29, 1.82) is 0 Å². The van der Waals surface area contributed by atoms with Gasteiger partial charge in [0.05, 0.1) is 0 Å². The molecule has 0 unspecified atom stereocenters. The Kier molecular flexibility index (Phi) is 3.88. The van der Waals surface area contributed by atoms with Crippen molar-refractivity contribution in [3.63, 3.8) is 0 Å². The first-order valence-electron chi connectivity index (χ1n) is 2.41. The molecule has 3 heteroatoms. The third-order valence-electron chi connectivity index (χ3n) is 0.554. The highest BCUT2D eigenvalue weighted by Gasteiger charge is 1.77. The number of rotatable bonds is 3. The van der Waals surface area contributed by atoms with Gasteiger partial charge in [0.15, 0.2) is 0 Å². The molecule has 0 aromatic heterocycles. The Morgan fingerprint density at radius 1 is 1.75 bits per heavy atom. The van der Waals surface area contributed by atoms with Crippen LogP contribution in [-0.4, -0.2) is 13.3 Å². The van der Waals surface area contributed by atoms with E-state index in [4.69, 9.17) is 0 Å². The molecular weight excluding hydrogens is 102 g/mol. The molecular formula is C5H11N3. The van der Waals surface area contributed by atoms with Crippen LogP contribution in [0, 0.1) is 0 Å². The van der Waals surface area contributed by atoms with Gasteiger partial charge in [0.2, 0.25) is 0 Å². The van der Waals surface area contributed by atoms with Gasteiger partial charge >= 0.3 is 0 Å². The Bertz CT molecular complexity index is 95.8. The summed E-state index contributed by atoms with van der Waals surface area (Å²) in [6.07, 6.45) is 1.67. The van der Waals surface area contributed by atoms with E-state index in [1.165, 1.54) is 0 Å². The first kappa shape index (κ1) is 7.17. The van der Waals surface area contributed by atoms with Crippen molar-refractivity contribution in [3.05, 3.63) is 12.4 Å². The molecule has 0 radical (unpaired) electrons. The second kappa shape index (κ2) is 4.33. The molecule has 0 amide bonds. The molecule has 0 aliphatic carbocycles. The minimum Gasteiger partial charge on any atom is -0.307 e. The van der Waals surface area contributed by atoms with Crippen LogP contribution in [0.1, 0.15) is 6.92 Å². The van der Waals surface area contributed by atoms with Crippen molar-refractivity contribution in [2.24, 2.45) is 4.99 Å². The van der Waals surface area contributed by atoms with Crippen molar-refractivity contribution < 1.29 is 0 Å². The zero-order chi connectivity index (χ0) is 6.41. The maximum absolute atomic E-state index is 3.82. The Morgan fingerprint density at radius 3 is 2.75 bits per heavy atom. The zero-order valence-corrected chi connectivity index (χ0v) is 5.23. The van der Waals surface area contributed by atoms with Crippen LogP contribution in [0.15, 0.2) is 17.4 Å². The summed E-state index contributed by atoms with van der Waals surface area (Å²) in [5.74, 6) is 0.620. The fraction of sp³-hybridized carbons (Fsp3) is 0.400. The molecule has 0 saturated carbocycles. The highest BCUT2D eigenvalue weighted by molar-refractivity contribution is 5.54. The molecule has 0 fully saturated rings. The third-order valence-corrected chi connectivity index (χ3v) is 0.554. The summed E-state index contributed by atoms with van der Waals surface area (Å²) in [5, 5.41) is 0. The molecule has 0 rings (SSSR count). The number of hydrazine groups is 1. The van der Waals surface area contributed by atoms with Crippen molar-refractivity contribution >= 4 is 6.21 Å². The Balaban J connectivity index is 3.33. The number of nitrogens with zero attached hydrogens (tertiary/aromatic N) is 1. The molecule has 0 atom stereocenters. The molecule has 3 nitrogen and oxygen atoms in total. The fourth-order valence-corrected chi connectivity index (χ4v) is 0.332. The molecule has 2 N–H and O–H groups in total. The van der Waals surface area contributed by atoms with Gasteiger partial charge in [-0.15, -0.1) is 0 Å². The molecule has 0 aromatic carbocycles. The van der Waals surface area contributed by atoms with Gasteiger partial charge in [-0.3, -0.25) is 0 Å². The van der Waals surface area contributed by atoms with Gasteiger partial charge < -0.3 is 5.43 Å². The van der Waals surface area contributed by atoms with Crippen LogP contribution < -0.4 is 10.9 Å². The summed E-state index contributed by atoms with van der Waals surface area (Å²) in [4.78, 5) is 3.82. The molecule has 0 aromatic rings. The number of nitrogens with one attached hydrogen (secondary N) is 2. The normalized spacial score (nSPS) is 9.75. The van der Waals surface area contributed by atoms with Crippen LogP contribution >= 0.6 is 0 Å². The minimum atomic E-state index is 0.620. The lowest BCUT2D eigenvalue weighted by molar-refractivity contribution is 0.686. The highest BCUT2D eigenvalue weighted by atomic mass is 15.4. The van der Waals surface area contributed by atoms with E-state index < -0.39 is 0 Å². The maximum Gasteiger partial charge on any atom is 0.132 e. The van der Waals surface area contributed by atoms with Gasteiger partial charge in [-0.2, -0.15) is 0 Å².